The molecule has 134 valence electrons. The molecule has 1 amide bonds. The minimum Gasteiger partial charge on any atom is -0.355 e. The van der Waals surface area contributed by atoms with E-state index < -0.39 is 0 Å². The Morgan fingerprint density at radius 2 is 2.04 bits per heavy atom. The van der Waals surface area contributed by atoms with Gasteiger partial charge in [-0.15, -0.1) is 24.8 Å². The maximum Gasteiger partial charge on any atom is 0.227 e. The van der Waals surface area contributed by atoms with Crippen LogP contribution in [0, 0.1) is 0 Å². The van der Waals surface area contributed by atoms with E-state index in [4.69, 9.17) is 4.52 Å². The van der Waals surface area contributed by atoms with Crippen LogP contribution in [-0.2, 0) is 11.2 Å². The highest BCUT2D eigenvalue weighted by Crippen LogP contribution is 2.12. The van der Waals surface area contributed by atoms with Crippen LogP contribution in [-0.4, -0.2) is 40.7 Å². The number of carbonyl (C=O) groups excluding carboxylic acids is 1. The lowest BCUT2D eigenvalue weighted by molar-refractivity contribution is -0.121. The molecule has 2 N–H and O–H groups in total. The number of carbonyl (C=O) groups is 1. The third kappa shape index (κ3) is 7.72. The molecule has 2 aromatic heterocycles. The molecule has 0 aliphatic rings. The van der Waals surface area contributed by atoms with Gasteiger partial charge in [0.2, 0.25) is 17.6 Å². The number of rotatable bonds is 9. The summed E-state index contributed by atoms with van der Waals surface area (Å²) in [5.41, 5.74) is 0.656. The Morgan fingerprint density at radius 3 is 2.75 bits per heavy atom. The summed E-state index contributed by atoms with van der Waals surface area (Å²) in [7, 11) is 0. The molecule has 0 fully saturated rings. The van der Waals surface area contributed by atoms with Crippen molar-refractivity contribution in [2.75, 3.05) is 19.6 Å². The van der Waals surface area contributed by atoms with Crippen LogP contribution in [0.2, 0.25) is 0 Å². The topological polar surface area (TPSA) is 92.9 Å². The van der Waals surface area contributed by atoms with Gasteiger partial charge in [-0.3, -0.25) is 9.78 Å². The maximum absolute atomic E-state index is 11.7. The van der Waals surface area contributed by atoms with E-state index >= 15 is 0 Å². The van der Waals surface area contributed by atoms with Gasteiger partial charge in [0.05, 0.1) is 0 Å². The van der Waals surface area contributed by atoms with Crippen molar-refractivity contribution in [3.8, 4) is 11.5 Å². The lowest BCUT2D eigenvalue weighted by atomic mass is 10.3. The zero-order valence-corrected chi connectivity index (χ0v) is 15.2. The van der Waals surface area contributed by atoms with Crippen molar-refractivity contribution in [2.45, 2.75) is 26.2 Å². The molecular formula is C15H23Cl2N5O2. The third-order valence-electron chi connectivity index (χ3n) is 2.98. The largest absolute Gasteiger partial charge is 0.355 e. The van der Waals surface area contributed by atoms with Gasteiger partial charge in [-0.1, -0.05) is 18.1 Å². The molecule has 0 radical (unpaired) electrons. The molecule has 7 nitrogen and oxygen atoms in total. The first-order valence-electron chi connectivity index (χ1n) is 7.51. The van der Waals surface area contributed by atoms with Gasteiger partial charge in [-0.2, -0.15) is 4.98 Å². The second kappa shape index (κ2) is 12.7. The van der Waals surface area contributed by atoms with Crippen molar-refractivity contribution in [1.29, 1.82) is 0 Å². The van der Waals surface area contributed by atoms with Crippen LogP contribution in [0.3, 0.4) is 0 Å². The van der Waals surface area contributed by atoms with Gasteiger partial charge in [0.25, 0.3) is 0 Å². The summed E-state index contributed by atoms with van der Waals surface area (Å²) in [6.07, 6.45) is 3.51. The van der Waals surface area contributed by atoms with Crippen LogP contribution in [0.1, 0.15) is 25.7 Å². The lowest BCUT2D eigenvalue weighted by Crippen LogP contribution is -2.32. The van der Waals surface area contributed by atoms with E-state index in [2.05, 4.69) is 32.7 Å². The normalized spacial score (nSPS) is 9.71. The molecule has 24 heavy (non-hydrogen) atoms. The average molecular weight is 376 g/mol. The predicted octanol–water partition coefficient (Wildman–Crippen LogP) is 2.02. The zero-order chi connectivity index (χ0) is 15.6. The highest BCUT2D eigenvalue weighted by Gasteiger charge is 2.10. The van der Waals surface area contributed by atoms with Crippen LogP contribution in [0.15, 0.2) is 28.9 Å². The van der Waals surface area contributed by atoms with Gasteiger partial charge in [-0.05, 0) is 25.1 Å². The first kappa shape index (κ1) is 22.3. The van der Waals surface area contributed by atoms with Crippen LogP contribution < -0.4 is 10.6 Å². The van der Waals surface area contributed by atoms with Gasteiger partial charge in [0.15, 0.2) is 0 Å². The Balaban J connectivity index is 0.00000264. The molecule has 0 aliphatic heterocycles. The molecule has 9 heteroatoms. The van der Waals surface area contributed by atoms with E-state index in [1.807, 2.05) is 18.2 Å². The van der Waals surface area contributed by atoms with Crippen molar-refractivity contribution in [3.05, 3.63) is 30.3 Å². The first-order valence-corrected chi connectivity index (χ1v) is 7.51. The number of aryl methyl sites for hydroxylation is 1. The fourth-order valence-electron chi connectivity index (χ4n) is 1.86. The zero-order valence-electron chi connectivity index (χ0n) is 13.5. The fraction of sp³-hybridized carbons (Fsp3) is 0.467. The number of hydrogen-bond acceptors (Lipinski definition) is 6. The SMILES string of the molecule is CCCNCCNC(=O)CCc1nc(-c2ccccn2)no1.Cl.Cl. The molecule has 0 bridgehead atoms. The molecule has 0 unspecified atom stereocenters. The van der Waals surface area contributed by atoms with E-state index in [0.29, 0.717) is 36.8 Å². The number of nitrogens with one attached hydrogen (secondary N) is 2. The molecule has 0 saturated heterocycles. The summed E-state index contributed by atoms with van der Waals surface area (Å²) in [6.45, 7) is 4.48. The van der Waals surface area contributed by atoms with E-state index in [-0.39, 0.29) is 30.7 Å². The molecular weight excluding hydrogens is 353 g/mol. The van der Waals surface area contributed by atoms with Crippen LogP contribution in [0.4, 0.5) is 0 Å². The standard InChI is InChI=1S/C15H21N5O2.2ClH/c1-2-8-16-10-11-18-13(21)6-7-14-19-15(20-22-14)12-5-3-4-9-17-12;;/h3-5,9,16H,2,6-8,10-11H2,1H3,(H,18,21);2*1H. The van der Waals surface area contributed by atoms with Crippen molar-refractivity contribution in [2.24, 2.45) is 0 Å². The Hall–Kier alpha value is -1.70. The minimum absolute atomic E-state index is 0. The fourth-order valence-corrected chi connectivity index (χ4v) is 1.86. The Bertz CT molecular complexity index is 580. The Kier molecular flexibility index (Phi) is 11.8. The van der Waals surface area contributed by atoms with Gasteiger partial charge in [-0.25, -0.2) is 0 Å². The summed E-state index contributed by atoms with van der Waals surface area (Å²) in [6, 6.07) is 5.49. The van der Waals surface area contributed by atoms with E-state index in [0.717, 1.165) is 19.5 Å². The predicted molar refractivity (Wildman–Crippen MR) is 96.5 cm³/mol. The number of amides is 1. The quantitative estimate of drug-likeness (QED) is 0.651. The van der Waals surface area contributed by atoms with Crippen molar-refractivity contribution in [3.63, 3.8) is 0 Å². The lowest BCUT2D eigenvalue weighted by Gasteiger charge is -2.04. The molecule has 0 saturated carbocycles. The third-order valence-corrected chi connectivity index (χ3v) is 2.98. The van der Waals surface area contributed by atoms with Gasteiger partial charge in [0, 0.05) is 32.1 Å². The first-order chi connectivity index (χ1) is 10.8. The number of halogens is 2. The van der Waals surface area contributed by atoms with Crippen molar-refractivity contribution < 1.29 is 9.32 Å². The highest BCUT2D eigenvalue weighted by molar-refractivity contribution is 5.85. The molecule has 2 heterocycles. The molecule has 0 atom stereocenters. The number of hydrogen-bond donors (Lipinski definition) is 2. The molecule has 2 aromatic rings. The summed E-state index contributed by atoms with van der Waals surface area (Å²) in [5.74, 6) is 0.871. The van der Waals surface area contributed by atoms with Gasteiger partial charge >= 0.3 is 0 Å². The van der Waals surface area contributed by atoms with E-state index in [1.54, 1.807) is 6.20 Å². The maximum atomic E-state index is 11.7. The average Bonchev–Trinajstić information content (AvgIpc) is 3.02. The van der Waals surface area contributed by atoms with Gasteiger partial charge in [0.1, 0.15) is 5.69 Å². The van der Waals surface area contributed by atoms with Gasteiger partial charge < -0.3 is 15.2 Å². The number of pyridine rings is 1. The second-order valence-corrected chi connectivity index (χ2v) is 4.83. The highest BCUT2D eigenvalue weighted by atomic mass is 35.5. The van der Waals surface area contributed by atoms with E-state index in [1.165, 1.54) is 0 Å². The molecule has 0 spiro atoms. The molecule has 0 aliphatic carbocycles. The van der Waals surface area contributed by atoms with Crippen molar-refractivity contribution in [1.82, 2.24) is 25.8 Å². The summed E-state index contributed by atoms with van der Waals surface area (Å²) in [5, 5.41) is 9.94. The number of nitrogens with zero attached hydrogens (tertiary/aromatic N) is 3. The van der Waals surface area contributed by atoms with Crippen LogP contribution in [0.25, 0.3) is 11.5 Å². The van der Waals surface area contributed by atoms with Crippen molar-refractivity contribution >= 4 is 30.7 Å². The number of aromatic nitrogens is 3. The van der Waals surface area contributed by atoms with E-state index in [9.17, 15) is 4.79 Å². The van der Waals surface area contributed by atoms with Crippen LogP contribution in [0.5, 0.6) is 0 Å². The summed E-state index contributed by atoms with van der Waals surface area (Å²) in [4.78, 5) is 20.1. The summed E-state index contributed by atoms with van der Waals surface area (Å²) >= 11 is 0. The summed E-state index contributed by atoms with van der Waals surface area (Å²) < 4.78 is 5.13. The molecule has 2 rings (SSSR count). The monoisotopic (exact) mass is 375 g/mol. The Labute approximate surface area is 153 Å². The smallest absolute Gasteiger partial charge is 0.227 e. The van der Waals surface area contributed by atoms with Crippen LogP contribution >= 0.6 is 24.8 Å². The Morgan fingerprint density at radius 1 is 1.21 bits per heavy atom. The minimum atomic E-state index is -0.0177. The second-order valence-electron chi connectivity index (χ2n) is 4.83. The molecule has 0 aromatic carbocycles.